The predicted octanol–water partition coefficient (Wildman–Crippen LogP) is 1.24. The Morgan fingerprint density at radius 3 is 2.56 bits per heavy atom. The van der Waals surface area contributed by atoms with Gasteiger partial charge in [-0.2, -0.15) is 0 Å². The highest BCUT2D eigenvalue weighted by Gasteiger charge is 2.42. The fourth-order valence-electron chi connectivity index (χ4n) is 1.23. The second-order valence-electron chi connectivity index (χ2n) is 2.91. The standard InChI is InChI=1S/C9H13NO5S/c1-3-14-7(11)6-5-16-9(13)10(6)8(12)15-4-2/h6H,3-5H2,1-2H3. The number of ether oxygens (including phenoxy) is 2. The van der Waals surface area contributed by atoms with Gasteiger partial charge in [0, 0.05) is 5.75 Å². The molecule has 0 aromatic heterocycles. The zero-order valence-corrected chi connectivity index (χ0v) is 9.91. The van der Waals surface area contributed by atoms with Crippen LogP contribution in [0.1, 0.15) is 13.8 Å². The van der Waals surface area contributed by atoms with Gasteiger partial charge in [-0.05, 0) is 13.8 Å². The van der Waals surface area contributed by atoms with Crippen LogP contribution < -0.4 is 0 Å². The fraction of sp³-hybridized carbons (Fsp3) is 0.667. The third-order valence-corrected chi connectivity index (χ3v) is 2.82. The van der Waals surface area contributed by atoms with Crippen LogP contribution in [0.15, 0.2) is 0 Å². The predicted molar refractivity (Wildman–Crippen MR) is 57.1 cm³/mol. The maximum absolute atomic E-state index is 11.5. The average molecular weight is 247 g/mol. The minimum absolute atomic E-state index is 0.156. The van der Waals surface area contributed by atoms with E-state index in [-0.39, 0.29) is 19.0 Å². The summed E-state index contributed by atoms with van der Waals surface area (Å²) in [5, 5.41) is -0.475. The Kier molecular flexibility index (Phi) is 4.60. The Hall–Kier alpha value is -1.24. The summed E-state index contributed by atoms with van der Waals surface area (Å²) in [6.45, 7) is 3.66. The average Bonchev–Trinajstić information content (AvgIpc) is 2.61. The molecular formula is C9H13NO5S. The lowest BCUT2D eigenvalue weighted by Crippen LogP contribution is -2.44. The van der Waals surface area contributed by atoms with E-state index in [4.69, 9.17) is 9.47 Å². The molecule has 0 N–H and O–H groups in total. The molecule has 0 aromatic rings. The van der Waals surface area contributed by atoms with Crippen molar-refractivity contribution in [2.75, 3.05) is 19.0 Å². The number of amides is 2. The van der Waals surface area contributed by atoms with Crippen LogP contribution >= 0.6 is 11.8 Å². The first-order valence-electron chi connectivity index (χ1n) is 4.91. The highest BCUT2D eigenvalue weighted by Crippen LogP contribution is 2.25. The van der Waals surface area contributed by atoms with E-state index in [1.165, 1.54) is 0 Å². The minimum atomic E-state index is -0.864. The number of thioether (sulfide) groups is 1. The molecule has 90 valence electrons. The Bertz CT molecular complexity index is 306. The molecule has 1 fully saturated rings. The zero-order valence-electron chi connectivity index (χ0n) is 9.10. The van der Waals surface area contributed by atoms with Gasteiger partial charge in [0.2, 0.25) is 0 Å². The number of carbonyl (C=O) groups is 3. The van der Waals surface area contributed by atoms with E-state index in [0.717, 1.165) is 16.7 Å². The van der Waals surface area contributed by atoms with E-state index in [2.05, 4.69) is 0 Å². The number of hydrogen-bond acceptors (Lipinski definition) is 6. The Morgan fingerprint density at radius 2 is 2.00 bits per heavy atom. The highest BCUT2D eigenvalue weighted by molar-refractivity contribution is 8.14. The third-order valence-electron chi connectivity index (χ3n) is 1.90. The lowest BCUT2D eigenvalue weighted by molar-refractivity contribution is -0.146. The molecule has 0 radical (unpaired) electrons. The van der Waals surface area contributed by atoms with Crippen molar-refractivity contribution >= 4 is 29.1 Å². The van der Waals surface area contributed by atoms with Crippen molar-refractivity contribution in [2.24, 2.45) is 0 Å². The van der Waals surface area contributed by atoms with Gasteiger partial charge in [-0.15, -0.1) is 0 Å². The first-order valence-corrected chi connectivity index (χ1v) is 5.89. The fourth-order valence-corrected chi connectivity index (χ4v) is 2.15. The van der Waals surface area contributed by atoms with E-state index in [0.29, 0.717) is 0 Å². The lowest BCUT2D eigenvalue weighted by atomic mass is 10.3. The molecule has 0 bridgehead atoms. The van der Waals surface area contributed by atoms with Crippen molar-refractivity contribution in [3.8, 4) is 0 Å². The summed E-state index contributed by atoms with van der Waals surface area (Å²) in [5.41, 5.74) is 0. The maximum Gasteiger partial charge on any atom is 0.418 e. The molecule has 1 aliphatic rings. The van der Waals surface area contributed by atoms with Gasteiger partial charge >= 0.3 is 12.1 Å². The molecule has 6 nitrogen and oxygen atoms in total. The van der Waals surface area contributed by atoms with Crippen molar-refractivity contribution in [3.63, 3.8) is 0 Å². The molecule has 7 heteroatoms. The Balaban J connectivity index is 2.73. The number of imide groups is 1. The largest absolute Gasteiger partial charge is 0.464 e. The summed E-state index contributed by atoms with van der Waals surface area (Å²) in [6.07, 6.45) is -0.796. The van der Waals surface area contributed by atoms with Gasteiger partial charge < -0.3 is 9.47 Å². The number of esters is 1. The SMILES string of the molecule is CCOC(=O)C1CSC(=O)N1C(=O)OCC. The molecule has 0 aromatic carbocycles. The van der Waals surface area contributed by atoms with Crippen LogP contribution in [0.3, 0.4) is 0 Å². The number of hydrogen-bond donors (Lipinski definition) is 0. The third kappa shape index (κ3) is 2.66. The maximum atomic E-state index is 11.5. The smallest absolute Gasteiger partial charge is 0.418 e. The quantitative estimate of drug-likeness (QED) is 0.699. The summed E-state index contributed by atoms with van der Waals surface area (Å²) >= 11 is 0.907. The molecule has 0 saturated carbocycles. The van der Waals surface area contributed by atoms with Gasteiger partial charge in [-0.1, -0.05) is 11.8 Å². The van der Waals surface area contributed by atoms with Crippen molar-refractivity contribution in [2.45, 2.75) is 19.9 Å². The van der Waals surface area contributed by atoms with Crippen LogP contribution in [0, 0.1) is 0 Å². The summed E-state index contributed by atoms with van der Waals surface area (Å²) in [7, 11) is 0. The van der Waals surface area contributed by atoms with Crippen LogP contribution in [-0.2, 0) is 14.3 Å². The second-order valence-corrected chi connectivity index (χ2v) is 3.88. The first kappa shape index (κ1) is 12.8. The van der Waals surface area contributed by atoms with Crippen LogP contribution in [0.4, 0.5) is 9.59 Å². The van der Waals surface area contributed by atoms with E-state index in [1.807, 2.05) is 0 Å². The normalized spacial score (nSPS) is 19.8. The molecule has 0 aliphatic carbocycles. The highest BCUT2D eigenvalue weighted by atomic mass is 32.2. The Labute approximate surface area is 97.2 Å². The summed E-state index contributed by atoms with van der Waals surface area (Å²) in [6, 6.07) is -0.864. The van der Waals surface area contributed by atoms with E-state index in [1.54, 1.807) is 13.8 Å². The van der Waals surface area contributed by atoms with Crippen LogP contribution in [0.25, 0.3) is 0 Å². The Morgan fingerprint density at radius 1 is 1.38 bits per heavy atom. The van der Waals surface area contributed by atoms with Crippen LogP contribution in [0.2, 0.25) is 0 Å². The summed E-state index contributed by atoms with van der Waals surface area (Å²) in [5.74, 6) is -0.356. The first-order chi connectivity index (χ1) is 7.61. The monoisotopic (exact) mass is 247 g/mol. The van der Waals surface area contributed by atoms with Gasteiger partial charge in [-0.25, -0.2) is 14.5 Å². The number of nitrogens with zero attached hydrogens (tertiary/aromatic N) is 1. The lowest BCUT2D eigenvalue weighted by Gasteiger charge is -2.19. The molecule has 1 unspecified atom stereocenters. The molecule has 1 atom stereocenters. The molecule has 1 rings (SSSR count). The van der Waals surface area contributed by atoms with Crippen molar-refractivity contribution < 1.29 is 23.9 Å². The molecule has 1 aliphatic heterocycles. The molecule has 1 saturated heterocycles. The summed E-state index contributed by atoms with van der Waals surface area (Å²) < 4.78 is 9.48. The number of carbonyl (C=O) groups excluding carboxylic acids is 3. The molecular weight excluding hydrogens is 234 g/mol. The zero-order chi connectivity index (χ0) is 12.1. The van der Waals surface area contributed by atoms with Crippen molar-refractivity contribution in [1.82, 2.24) is 4.90 Å². The summed E-state index contributed by atoms with van der Waals surface area (Å²) in [4.78, 5) is 35.1. The van der Waals surface area contributed by atoms with Gasteiger partial charge in [0.15, 0.2) is 6.04 Å². The van der Waals surface area contributed by atoms with Crippen LogP contribution in [-0.4, -0.2) is 47.2 Å². The minimum Gasteiger partial charge on any atom is -0.464 e. The molecule has 1 heterocycles. The van der Waals surface area contributed by atoms with E-state index >= 15 is 0 Å². The molecule has 2 amide bonds. The van der Waals surface area contributed by atoms with Crippen LogP contribution in [0.5, 0.6) is 0 Å². The van der Waals surface area contributed by atoms with Gasteiger partial charge in [-0.3, -0.25) is 4.79 Å². The van der Waals surface area contributed by atoms with Gasteiger partial charge in [0.05, 0.1) is 13.2 Å². The number of rotatable bonds is 3. The van der Waals surface area contributed by atoms with E-state index < -0.39 is 23.3 Å². The topological polar surface area (TPSA) is 72.9 Å². The second kappa shape index (κ2) is 5.74. The molecule has 16 heavy (non-hydrogen) atoms. The van der Waals surface area contributed by atoms with Crippen molar-refractivity contribution in [3.05, 3.63) is 0 Å². The molecule has 0 spiro atoms. The van der Waals surface area contributed by atoms with E-state index in [9.17, 15) is 14.4 Å². The van der Waals surface area contributed by atoms with Gasteiger partial charge in [0.25, 0.3) is 5.24 Å². The van der Waals surface area contributed by atoms with Crippen molar-refractivity contribution in [1.29, 1.82) is 0 Å². The van der Waals surface area contributed by atoms with Gasteiger partial charge in [0.1, 0.15) is 0 Å².